The van der Waals surface area contributed by atoms with Crippen LogP contribution in [0.3, 0.4) is 0 Å². The number of dihydropyridines is 2. The summed E-state index contributed by atoms with van der Waals surface area (Å²) in [5.74, 6) is 0. The van der Waals surface area contributed by atoms with Crippen molar-refractivity contribution in [1.29, 1.82) is 0 Å². The SMILES string of the molecule is C1=C(c2ccncc2)C=C(c2ccc3c(c2)c2cc(-c4cncc(-c5ccncc5)c4)ccc2n3-c2ccc(C3=CC=C(c4ccncc4)CN3)cc2)CN1. The standard InChI is InChI=1S/C48H35N7/c1-6-43(7-2-35(1)46-8-3-38(31-54-46)32-11-17-49-18-12-32)55-47-9-4-36(41-23-39(27-52-29-41)33-13-19-50-20-14-33)25-44(47)45-26-37(5-10-48(45)55)42-24-40(28-53-30-42)34-15-21-51-22-16-34/h1-29,53-54H,30-31H2. The van der Waals surface area contributed by atoms with E-state index in [-0.39, 0.29) is 0 Å². The Morgan fingerprint density at radius 3 is 1.73 bits per heavy atom. The normalized spacial score (nSPS) is 14.0. The van der Waals surface area contributed by atoms with Gasteiger partial charge in [-0.3, -0.25) is 19.9 Å². The molecule has 0 unspecified atom stereocenters. The lowest BCUT2D eigenvalue weighted by atomic mass is 9.96. The quantitative estimate of drug-likeness (QED) is 0.172. The second kappa shape index (κ2) is 13.9. The van der Waals surface area contributed by atoms with Gasteiger partial charge in [0.25, 0.3) is 0 Å². The van der Waals surface area contributed by atoms with Crippen LogP contribution in [0.2, 0.25) is 0 Å². The first-order chi connectivity index (χ1) is 27.2. The molecule has 0 aliphatic carbocycles. The van der Waals surface area contributed by atoms with Crippen LogP contribution in [0.1, 0.15) is 22.3 Å². The average molecular weight is 710 g/mol. The van der Waals surface area contributed by atoms with Crippen LogP contribution in [-0.4, -0.2) is 37.6 Å². The van der Waals surface area contributed by atoms with Crippen LogP contribution in [0.4, 0.5) is 0 Å². The van der Waals surface area contributed by atoms with Gasteiger partial charge in [-0.25, -0.2) is 0 Å². The zero-order chi connectivity index (χ0) is 36.6. The number of hydrogen-bond donors (Lipinski definition) is 2. The summed E-state index contributed by atoms with van der Waals surface area (Å²) in [5, 5.41) is 9.52. The number of nitrogens with one attached hydrogen (secondary N) is 2. The first-order valence-electron chi connectivity index (χ1n) is 18.4. The highest BCUT2D eigenvalue weighted by Gasteiger charge is 2.18. The Morgan fingerprint density at radius 1 is 0.455 bits per heavy atom. The first-order valence-corrected chi connectivity index (χ1v) is 18.4. The van der Waals surface area contributed by atoms with Crippen molar-refractivity contribution in [2.45, 2.75) is 0 Å². The molecule has 0 saturated carbocycles. The lowest BCUT2D eigenvalue weighted by molar-refractivity contribution is 0.990. The fourth-order valence-corrected chi connectivity index (χ4v) is 7.67. The minimum Gasteiger partial charge on any atom is -0.386 e. The summed E-state index contributed by atoms with van der Waals surface area (Å²) in [7, 11) is 0. The number of pyridine rings is 4. The third-order valence-corrected chi connectivity index (χ3v) is 10.5. The monoisotopic (exact) mass is 709 g/mol. The Labute approximate surface area is 318 Å². The van der Waals surface area contributed by atoms with Crippen molar-refractivity contribution in [1.82, 2.24) is 35.1 Å². The van der Waals surface area contributed by atoms with Crippen molar-refractivity contribution in [3.63, 3.8) is 0 Å². The second-order valence-corrected chi connectivity index (χ2v) is 13.8. The van der Waals surface area contributed by atoms with Gasteiger partial charge in [-0.1, -0.05) is 30.3 Å². The Bertz CT molecular complexity index is 2830. The minimum atomic E-state index is 0.752. The third-order valence-electron chi connectivity index (χ3n) is 10.5. The molecule has 0 spiro atoms. The molecule has 262 valence electrons. The van der Waals surface area contributed by atoms with Gasteiger partial charge in [-0.05, 0) is 141 Å². The number of rotatable bonds is 7. The van der Waals surface area contributed by atoms with Gasteiger partial charge in [0.05, 0.1) is 11.0 Å². The van der Waals surface area contributed by atoms with Gasteiger partial charge in [-0.15, -0.1) is 0 Å². The highest BCUT2D eigenvalue weighted by Crippen LogP contribution is 2.38. The molecule has 10 rings (SSSR count). The van der Waals surface area contributed by atoms with E-state index in [1.807, 2.05) is 73.8 Å². The number of nitrogens with zero attached hydrogens (tertiary/aromatic N) is 5. The predicted molar refractivity (Wildman–Crippen MR) is 224 cm³/mol. The minimum absolute atomic E-state index is 0.752. The van der Waals surface area contributed by atoms with E-state index in [0.29, 0.717) is 0 Å². The number of benzene rings is 3. The summed E-state index contributed by atoms with van der Waals surface area (Å²) in [4.78, 5) is 17.2. The largest absolute Gasteiger partial charge is 0.386 e. The maximum Gasteiger partial charge on any atom is 0.0541 e. The Hall–Kier alpha value is -7.38. The van der Waals surface area contributed by atoms with E-state index in [0.717, 1.165) is 74.5 Å². The number of fused-ring (bicyclic) bond motifs is 3. The molecule has 8 aromatic rings. The molecule has 0 radical (unpaired) electrons. The number of hydrogen-bond acceptors (Lipinski definition) is 6. The van der Waals surface area contributed by atoms with E-state index in [9.17, 15) is 0 Å². The van der Waals surface area contributed by atoms with Crippen LogP contribution in [-0.2, 0) is 0 Å². The van der Waals surface area contributed by atoms with Gasteiger partial charge in [0, 0.05) is 102 Å². The summed E-state index contributed by atoms with van der Waals surface area (Å²) < 4.78 is 2.38. The molecular weight excluding hydrogens is 675 g/mol. The predicted octanol–water partition coefficient (Wildman–Crippen LogP) is 9.75. The molecule has 5 aromatic heterocycles. The van der Waals surface area contributed by atoms with E-state index >= 15 is 0 Å². The highest BCUT2D eigenvalue weighted by atomic mass is 15.0. The van der Waals surface area contributed by atoms with Crippen molar-refractivity contribution < 1.29 is 0 Å². The molecule has 2 aliphatic heterocycles. The Morgan fingerprint density at radius 2 is 1.05 bits per heavy atom. The van der Waals surface area contributed by atoms with Gasteiger partial charge in [-0.2, -0.15) is 0 Å². The van der Waals surface area contributed by atoms with E-state index in [1.54, 1.807) is 0 Å². The van der Waals surface area contributed by atoms with Crippen molar-refractivity contribution >= 4 is 44.2 Å². The molecule has 0 atom stereocenters. The molecule has 7 nitrogen and oxygen atoms in total. The van der Waals surface area contributed by atoms with E-state index in [2.05, 4.69) is 138 Å². The van der Waals surface area contributed by atoms with E-state index in [1.165, 1.54) is 33.0 Å². The van der Waals surface area contributed by atoms with Gasteiger partial charge >= 0.3 is 0 Å². The molecule has 3 aromatic carbocycles. The smallest absolute Gasteiger partial charge is 0.0541 e. The van der Waals surface area contributed by atoms with Crippen LogP contribution < -0.4 is 10.6 Å². The molecule has 0 bridgehead atoms. The van der Waals surface area contributed by atoms with Crippen molar-refractivity contribution in [2.24, 2.45) is 0 Å². The Kier molecular flexibility index (Phi) is 8.15. The van der Waals surface area contributed by atoms with E-state index < -0.39 is 0 Å². The molecule has 55 heavy (non-hydrogen) atoms. The van der Waals surface area contributed by atoms with Gasteiger partial charge in [0.1, 0.15) is 0 Å². The summed E-state index contributed by atoms with van der Waals surface area (Å²) in [6.07, 6.45) is 23.6. The molecule has 2 N–H and O–H groups in total. The fraction of sp³-hybridized carbons (Fsp3) is 0.0417. The first kappa shape index (κ1) is 32.3. The molecular formula is C48H35N7. The summed E-state index contributed by atoms with van der Waals surface area (Å²) in [5.41, 5.74) is 17.1. The zero-order valence-corrected chi connectivity index (χ0v) is 29.9. The second-order valence-electron chi connectivity index (χ2n) is 13.8. The van der Waals surface area contributed by atoms with Gasteiger partial charge in [0.2, 0.25) is 0 Å². The lowest BCUT2D eigenvalue weighted by Crippen LogP contribution is -2.18. The molecule has 0 saturated heterocycles. The average Bonchev–Trinajstić information content (AvgIpc) is 3.60. The van der Waals surface area contributed by atoms with Crippen LogP contribution in [0.25, 0.3) is 72.2 Å². The maximum absolute atomic E-state index is 4.64. The molecule has 0 amide bonds. The van der Waals surface area contributed by atoms with Gasteiger partial charge in [0.15, 0.2) is 0 Å². The summed E-state index contributed by atoms with van der Waals surface area (Å²) in [6, 6.07) is 37.0. The van der Waals surface area contributed by atoms with Crippen LogP contribution in [0.5, 0.6) is 0 Å². The van der Waals surface area contributed by atoms with Crippen molar-refractivity contribution in [3.05, 3.63) is 199 Å². The summed E-state index contributed by atoms with van der Waals surface area (Å²) in [6.45, 7) is 1.52. The highest BCUT2D eigenvalue weighted by molar-refractivity contribution is 6.11. The topological polar surface area (TPSA) is 80.5 Å². The van der Waals surface area contributed by atoms with Crippen LogP contribution >= 0.6 is 0 Å². The number of allylic oxidation sites excluding steroid dienone is 4. The van der Waals surface area contributed by atoms with Crippen LogP contribution in [0.15, 0.2) is 177 Å². The molecule has 7 heteroatoms. The summed E-state index contributed by atoms with van der Waals surface area (Å²) >= 11 is 0. The van der Waals surface area contributed by atoms with Crippen molar-refractivity contribution in [2.75, 3.05) is 13.1 Å². The molecule has 7 heterocycles. The van der Waals surface area contributed by atoms with Gasteiger partial charge < -0.3 is 15.2 Å². The van der Waals surface area contributed by atoms with Crippen molar-refractivity contribution in [3.8, 4) is 27.9 Å². The zero-order valence-electron chi connectivity index (χ0n) is 29.9. The lowest BCUT2D eigenvalue weighted by Gasteiger charge is -2.18. The third kappa shape index (κ3) is 6.17. The van der Waals surface area contributed by atoms with Crippen LogP contribution in [0, 0.1) is 0 Å². The molecule has 0 fully saturated rings. The Balaban J connectivity index is 1.07. The maximum atomic E-state index is 4.64. The van der Waals surface area contributed by atoms with E-state index in [4.69, 9.17) is 0 Å². The number of aromatic nitrogens is 5. The molecule has 2 aliphatic rings. The fourth-order valence-electron chi connectivity index (χ4n) is 7.67.